The lowest BCUT2D eigenvalue weighted by molar-refractivity contribution is 0.298. The van der Waals surface area contributed by atoms with Crippen LogP contribution in [0.4, 0.5) is 0 Å². The first kappa shape index (κ1) is 8.75. The number of aliphatic hydroxyl groups excluding tert-OH is 1. The summed E-state index contributed by atoms with van der Waals surface area (Å²) >= 11 is 0. The van der Waals surface area contributed by atoms with Gasteiger partial charge in [-0.05, 0) is 12.0 Å². The van der Waals surface area contributed by atoms with E-state index in [1.807, 2.05) is 0 Å². The normalized spacial score (nSPS) is 22.9. The summed E-state index contributed by atoms with van der Waals surface area (Å²) < 4.78 is 0. The molecular formula is C9H16OSi. The fourth-order valence-electron chi connectivity index (χ4n) is 1.56. The maximum Gasteiger partial charge on any atom is 0.0468 e. The third-order valence-corrected chi connectivity index (χ3v) is 4.26. The summed E-state index contributed by atoms with van der Waals surface area (Å²) in [6.07, 6.45) is 7.43. The van der Waals surface area contributed by atoms with E-state index in [-0.39, 0.29) is 0 Å². The van der Waals surface area contributed by atoms with E-state index in [0.29, 0.717) is 12.1 Å². The molecule has 0 aliphatic heterocycles. The molecule has 0 fully saturated rings. The highest BCUT2D eigenvalue weighted by atomic mass is 28.3. The molecular weight excluding hydrogens is 152 g/mol. The van der Waals surface area contributed by atoms with Crippen molar-refractivity contribution in [2.45, 2.75) is 25.1 Å². The third-order valence-electron chi connectivity index (χ3n) is 2.18. The first-order valence-electron chi connectivity index (χ1n) is 4.24. The lowest BCUT2D eigenvalue weighted by Gasteiger charge is -2.15. The molecule has 0 heterocycles. The van der Waals surface area contributed by atoms with Crippen molar-refractivity contribution in [3.8, 4) is 0 Å². The predicted molar refractivity (Wildman–Crippen MR) is 51.6 cm³/mol. The van der Waals surface area contributed by atoms with Crippen LogP contribution in [0.3, 0.4) is 0 Å². The van der Waals surface area contributed by atoms with E-state index in [0.717, 1.165) is 6.42 Å². The van der Waals surface area contributed by atoms with Gasteiger partial charge in [-0.25, -0.2) is 0 Å². The highest BCUT2D eigenvalue weighted by Crippen LogP contribution is 2.30. The second-order valence-electron chi connectivity index (χ2n) is 3.37. The molecule has 0 bridgehead atoms. The summed E-state index contributed by atoms with van der Waals surface area (Å²) in [5, 5.41) is 8.77. The molecule has 1 N–H and O–H groups in total. The Bertz CT molecular complexity index is 182. The molecule has 11 heavy (non-hydrogen) atoms. The molecule has 1 unspecified atom stereocenters. The van der Waals surface area contributed by atoms with Gasteiger partial charge in [0, 0.05) is 15.4 Å². The number of hydrogen-bond acceptors (Lipinski definition) is 1. The Morgan fingerprint density at radius 1 is 1.55 bits per heavy atom. The van der Waals surface area contributed by atoms with Crippen molar-refractivity contribution in [2.75, 3.05) is 6.61 Å². The van der Waals surface area contributed by atoms with E-state index in [9.17, 15) is 0 Å². The fraction of sp³-hybridized carbons (Fsp3) is 0.556. The Balaban J connectivity index is 2.54. The largest absolute Gasteiger partial charge is 0.396 e. The lowest BCUT2D eigenvalue weighted by Crippen LogP contribution is -2.11. The molecule has 0 aromatic rings. The minimum absolute atomic E-state index is 0.297. The number of hydrogen-bond donors (Lipinski definition) is 1. The van der Waals surface area contributed by atoms with Crippen LogP contribution in [-0.4, -0.2) is 20.5 Å². The molecule has 0 saturated carbocycles. The van der Waals surface area contributed by atoms with Crippen molar-refractivity contribution in [3.63, 3.8) is 0 Å². The molecule has 0 aromatic heterocycles. The molecule has 0 saturated heterocycles. The molecule has 1 aliphatic rings. The maximum atomic E-state index is 8.77. The number of rotatable bonds is 3. The van der Waals surface area contributed by atoms with Crippen LogP contribution in [0.5, 0.6) is 0 Å². The van der Waals surface area contributed by atoms with Crippen LogP contribution in [0.2, 0.25) is 18.6 Å². The quantitative estimate of drug-likeness (QED) is 0.636. The summed E-state index contributed by atoms with van der Waals surface area (Å²) in [5.74, 6) is 0. The Labute approximate surface area is 70.0 Å². The van der Waals surface area contributed by atoms with E-state index in [2.05, 4.69) is 31.3 Å². The molecule has 0 radical (unpaired) electrons. The van der Waals surface area contributed by atoms with E-state index in [4.69, 9.17) is 5.11 Å². The van der Waals surface area contributed by atoms with Gasteiger partial charge in [0.05, 0.1) is 0 Å². The highest BCUT2D eigenvalue weighted by Gasteiger charge is 2.17. The van der Waals surface area contributed by atoms with Crippen LogP contribution >= 0.6 is 0 Å². The van der Waals surface area contributed by atoms with Crippen LogP contribution in [-0.2, 0) is 0 Å². The van der Waals surface area contributed by atoms with Gasteiger partial charge in [-0.15, -0.1) is 0 Å². The minimum Gasteiger partial charge on any atom is -0.396 e. The van der Waals surface area contributed by atoms with Crippen molar-refractivity contribution in [3.05, 3.63) is 23.8 Å². The van der Waals surface area contributed by atoms with Gasteiger partial charge in [0.2, 0.25) is 0 Å². The first-order valence-corrected chi connectivity index (χ1v) is 7.21. The predicted octanol–water partition coefficient (Wildman–Crippen LogP) is 1.72. The molecule has 62 valence electrons. The summed E-state index contributed by atoms with van der Waals surface area (Å²) in [4.78, 5) is 0. The van der Waals surface area contributed by atoms with Crippen LogP contribution in [0.25, 0.3) is 0 Å². The summed E-state index contributed by atoms with van der Waals surface area (Å²) in [6, 6.07) is 0. The number of aliphatic hydroxyl groups is 1. The highest BCUT2D eigenvalue weighted by molar-refractivity contribution is 6.59. The zero-order chi connectivity index (χ0) is 8.27. The van der Waals surface area contributed by atoms with Crippen LogP contribution in [0.15, 0.2) is 23.8 Å². The average molecular weight is 168 g/mol. The van der Waals surface area contributed by atoms with Gasteiger partial charge in [-0.1, -0.05) is 36.9 Å². The maximum absolute atomic E-state index is 8.77. The zero-order valence-corrected chi connectivity index (χ0v) is 8.40. The Hall–Kier alpha value is -0.343. The van der Waals surface area contributed by atoms with Crippen molar-refractivity contribution < 1.29 is 5.11 Å². The fourth-order valence-corrected chi connectivity index (χ4v) is 3.27. The second kappa shape index (κ2) is 3.88. The Morgan fingerprint density at radius 2 is 2.27 bits per heavy atom. The van der Waals surface area contributed by atoms with E-state index >= 15 is 0 Å². The molecule has 2 heteroatoms. The van der Waals surface area contributed by atoms with Gasteiger partial charge < -0.3 is 5.11 Å². The molecule has 1 atom stereocenters. The molecule has 1 aliphatic carbocycles. The Morgan fingerprint density at radius 3 is 2.82 bits per heavy atom. The molecule has 1 rings (SSSR count). The van der Waals surface area contributed by atoms with E-state index < -0.39 is 8.80 Å². The van der Waals surface area contributed by atoms with Gasteiger partial charge in [-0.2, -0.15) is 0 Å². The molecule has 0 aromatic carbocycles. The summed E-state index contributed by atoms with van der Waals surface area (Å²) in [5.41, 5.74) is 2.15. The van der Waals surface area contributed by atoms with Crippen molar-refractivity contribution in [1.29, 1.82) is 0 Å². The Kier molecular flexibility index (Phi) is 3.09. The topological polar surface area (TPSA) is 20.2 Å². The molecule has 0 amide bonds. The van der Waals surface area contributed by atoms with Crippen LogP contribution < -0.4 is 0 Å². The van der Waals surface area contributed by atoms with Crippen LogP contribution in [0, 0.1) is 0 Å². The zero-order valence-electron chi connectivity index (χ0n) is 7.25. The standard InChI is InChI=1S/C9H16OSi/c1-11(2)9-5-3-4-8(9)6-7-10/h3-5,9-11H,6-7H2,1-2H3. The SMILES string of the molecule is C[SiH](C)C1C=CC=C1CCO. The second-order valence-corrected chi connectivity index (χ2v) is 6.58. The third kappa shape index (κ3) is 2.04. The van der Waals surface area contributed by atoms with E-state index in [1.54, 1.807) is 0 Å². The first-order chi connectivity index (χ1) is 5.25. The lowest BCUT2D eigenvalue weighted by atomic mass is 10.2. The van der Waals surface area contributed by atoms with Crippen LogP contribution in [0.1, 0.15) is 6.42 Å². The van der Waals surface area contributed by atoms with Gasteiger partial charge in [0.1, 0.15) is 0 Å². The average Bonchev–Trinajstić information content (AvgIpc) is 2.36. The minimum atomic E-state index is -0.579. The van der Waals surface area contributed by atoms with Gasteiger partial charge in [-0.3, -0.25) is 0 Å². The number of allylic oxidation sites excluding steroid dienone is 3. The smallest absolute Gasteiger partial charge is 0.0468 e. The monoisotopic (exact) mass is 168 g/mol. The van der Waals surface area contributed by atoms with Crippen molar-refractivity contribution in [2.24, 2.45) is 0 Å². The van der Waals surface area contributed by atoms with E-state index in [1.165, 1.54) is 5.57 Å². The summed E-state index contributed by atoms with van der Waals surface area (Å²) in [6.45, 7) is 5.00. The van der Waals surface area contributed by atoms with Gasteiger partial charge >= 0.3 is 0 Å². The van der Waals surface area contributed by atoms with Gasteiger partial charge in [0.15, 0.2) is 0 Å². The molecule has 1 nitrogen and oxygen atoms in total. The van der Waals surface area contributed by atoms with Gasteiger partial charge in [0.25, 0.3) is 0 Å². The molecule has 0 spiro atoms. The van der Waals surface area contributed by atoms with Crippen molar-refractivity contribution in [1.82, 2.24) is 0 Å². The summed E-state index contributed by atoms with van der Waals surface area (Å²) in [7, 11) is -0.579. The van der Waals surface area contributed by atoms with Crippen molar-refractivity contribution >= 4 is 8.80 Å².